The highest BCUT2D eigenvalue weighted by atomic mass is 35.5. The number of hydrogen-bond donors (Lipinski definition) is 0. The molecule has 0 saturated carbocycles. The number of rotatable bonds is 3. The lowest BCUT2D eigenvalue weighted by Gasteiger charge is -2.09. The van der Waals surface area contributed by atoms with Gasteiger partial charge in [0.15, 0.2) is 0 Å². The van der Waals surface area contributed by atoms with Crippen molar-refractivity contribution in [2.45, 2.75) is 26.7 Å². The van der Waals surface area contributed by atoms with E-state index in [1.807, 2.05) is 12.1 Å². The van der Waals surface area contributed by atoms with Gasteiger partial charge >= 0.3 is 0 Å². The quantitative estimate of drug-likeness (QED) is 0.627. The topological polar surface area (TPSA) is 17.8 Å². The second kappa shape index (κ2) is 5.70. The van der Waals surface area contributed by atoms with Crippen LogP contribution in [-0.2, 0) is 12.8 Å². The molecule has 0 N–H and O–H groups in total. The Morgan fingerprint density at radius 1 is 0.952 bits per heavy atom. The lowest BCUT2D eigenvalue weighted by atomic mass is 10.1. The predicted molar refractivity (Wildman–Crippen MR) is 89.8 cm³/mol. The minimum absolute atomic E-state index is 0.540. The molecule has 1 aromatic heterocycles. The van der Waals surface area contributed by atoms with E-state index in [1.54, 1.807) is 0 Å². The van der Waals surface area contributed by atoms with Crippen LogP contribution >= 0.6 is 23.2 Å². The molecule has 3 rings (SSSR count). The summed E-state index contributed by atoms with van der Waals surface area (Å²) in [7, 11) is 0. The fourth-order valence-electron chi connectivity index (χ4n) is 2.53. The first kappa shape index (κ1) is 14.4. The molecule has 4 heteroatoms. The molecular formula is C17H16Cl2N2. The van der Waals surface area contributed by atoms with E-state index in [0.29, 0.717) is 10.0 Å². The van der Waals surface area contributed by atoms with Crippen LogP contribution in [0.25, 0.3) is 16.7 Å². The normalized spacial score (nSPS) is 11.2. The van der Waals surface area contributed by atoms with Gasteiger partial charge in [-0.1, -0.05) is 49.2 Å². The Morgan fingerprint density at radius 2 is 1.62 bits per heavy atom. The summed E-state index contributed by atoms with van der Waals surface area (Å²) >= 11 is 12.3. The highest BCUT2D eigenvalue weighted by Gasteiger charge is 2.13. The number of halogens is 2. The summed E-state index contributed by atoms with van der Waals surface area (Å²) in [6.07, 6.45) is 1.88. The minimum Gasteiger partial charge on any atom is -0.296 e. The van der Waals surface area contributed by atoms with Gasteiger partial charge in [-0.25, -0.2) is 4.98 Å². The smallest absolute Gasteiger partial charge is 0.114 e. The van der Waals surface area contributed by atoms with Crippen LogP contribution in [0.2, 0.25) is 10.0 Å². The Kier molecular flexibility index (Phi) is 3.92. The number of benzene rings is 2. The highest BCUT2D eigenvalue weighted by molar-refractivity contribution is 6.42. The first-order valence-electron chi connectivity index (χ1n) is 7.09. The van der Waals surface area contributed by atoms with Crippen molar-refractivity contribution in [3.05, 3.63) is 57.8 Å². The molecule has 0 bridgehead atoms. The molecule has 21 heavy (non-hydrogen) atoms. The zero-order chi connectivity index (χ0) is 15.0. The zero-order valence-electron chi connectivity index (χ0n) is 12.0. The first-order valence-corrected chi connectivity index (χ1v) is 7.85. The van der Waals surface area contributed by atoms with Crippen LogP contribution in [0.3, 0.4) is 0 Å². The molecule has 0 fully saturated rings. The minimum atomic E-state index is 0.540. The maximum atomic E-state index is 6.17. The molecule has 2 nitrogen and oxygen atoms in total. The average Bonchev–Trinajstić information content (AvgIpc) is 2.85. The standard InChI is InChI=1S/C17H16Cl2N2/c1-3-11-5-7-12(8-6-11)21-16-10-14(19)13(18)9-15(16)20-17(21)4-2/h5-10H,3-4H2,1-2H3. The highest BCUT2D eigenvalue weighted by Crippen LogP contribution is 2.30. The van der Waals surface area contributed by atoms with Crippen LogP contribution in [0.5, 0.6) is 0 Å². The van der Waals surface area contributed by atoms with E-state index in [-0.39, 0.29) is 0 Å². The Hall–Kier alpha value is -1.51. The third kappa shape index (κ3) is 2.54. The molecule has 0 aliphatic carbocycles. The molecule has 0 amide bonds. The molecule has 0 radical (unpaired) electrons. The summed E-state index contributed by atoms with van der Waals surface area (Å²) in [5.74, 6) is 1.01. The summed E-state index contributed by atoms with van der Waals surface area (Å²) in [6, 6.07) is 12.3. The van der Waals surface area contributed by atoms with Crippen LogP contribution in [0.15, 0.2) is 36.4 Å². The second-order valence-corrected chi connectivity index (χ2v) is 5.81. The largest absolute Gasteiger partial charge is 0.296 e. The molecule has 0 aliphatic heterocycles. The number of nitrogens with zero attached hydrogens (tertiary/aromatic N) is 2. The van der Waals surface area contributed by atoms with E-state index in [2.05, 4.69) is 47.7 Å². The molecule has 1 heterocycles. The molecule has 0 saturated heterocycles. The van der Waals surface area contributed by atoms with Crippen LogP contribution in [0, 0.1) is 0 Å². The van der Waals surface area contributed by atoms with Crippen LogP contribution in [0.4, 0.5) is 0 Å². The number of fused-ring (bicyclic) bond motifs is 1. The van der Waals surface area contributed by atoms with E-state index in [9.17, 15) is 0 Å². The molecule has 0 unspecified atom stereocenters. The summed E-state index contributed by atoms with van der Waals surface area (Å²) < 4.78 is 2.15. The fourth-order valence-corrected chi connectivity index (χ4v) is 2.84. The van der Waals surface area contributed by atoms with E-state index >= 15 is 0 Å². The van der Waals surface area contributed by atoms with Gasteiger partial charge in [-0.2, -0.15) is 0 Å². The Bertz CT molecular complexity index is 789. The van der Waals surface area contributed by atoms with Crippen molar-refractivity contribution in [1.82, 2.24) is 9.55 Å². The maximum absolute atomic E-state index is 6.17. The van der Waals surface area contributed by atoms with Gasteiger partial charge in [-0.3, -0.25) is 4.57 Å². The maximum Gasteiger partial charge on any atom is 0.114 e. The molecule has 3 aromatic rings. The van der Waals surface area contributed by atoms with E-state index in [4.69, 9.17) is 23.2 Å². The van der Waals surface area contributed by atoms with Gasteiger partial charge in [-0.15, -0.1) is 0 Å². The van der Waals surface area contributed by atoms with E-state index < -0.39 is 0 Å². The lowest BCUT2D eigenvalue weighted by molar-refractivity contribution is 0.907. The van der Waals surface area contributed by atoms with Gasteiger partial charge in [0.05, 0.1) is 21.1 Å². The van der Waals surface area contributed by atoms with Gasteiger partial charge in [-0.05, 0) is 36.2 Å². The Labute approximate surface area is 134 Å². The average molecular weight is 319 g/mol. The Balaban J connectivity index is 2.25. The van der Waals surface area contributed by atoms with E-state index in [0.717, 1.165) is 35.4 Å². The van der Waals surface area contributed by atoms with E-state index in [1.165, 1.54) is 5.56 Å². The van der Waals surface area contributed by atoms with Crippen molar-refractivity contribution in [3.8, 4) is 5.69 Å². The zero-order valence-corrected chi connectivity index (χ0v) is 13.5. The van der Waals surface area contributed by atoms with Gasteiger partial charge < -0.3 is 0 Å². The Morgan fingerprint density at radius 3 is 2.24 bits per heavy atom. The van der Waals surface area contributed by atoms with Crippen molar-refractivity contribution in [3.63, 3.8) is 0 Å². The summed E-state index contributed by atoms with van der Waals surface area (Å²) in [4.78, 5) is 4.67. The van der Waals surface area contributed by atoms with Crippen LogP contribution in [0.1, 0.15) is 25.2 Å². The lowest BCUT2D eigenvalue weighted by Crippen LogP contribution is -2.00. The monoisotopic (exact) mass is 318 g/mol. The number of aryl methyl sites for hydroxylation is 2. The SMILES string of the molecule is CCc1ccc(-n2c(CC)nc3cc(Cl)c(Cl)cc32)cc1. The van der Waals surface area contributed by atoms with Gasteiger partial charge in [0.1, 0.15) is 5.82 Å². The molecule has 2 aromatic carbocycles. The number of aromatic nitrogens is 2. The van der Waals surface area contributed by atoms with Crippen LogP contribution < -0.4 is 0 Å². The number of hydrogen-bond acceptors (Lipinski definition) is 1. The number of imidazole rings is 1. The molecular weight excluding hydrogens is 303 g/mol. The fraction of sp³-hybridized carbons (Fsp3) is 0.235. The molecule has 108 valence electrons. The third-order valence-corrected chi connectivity index (χ3v) is 4.41. The van der Waals surface area contributed by atoms with Gasteiger partial charge in [0.25, 0.3) is 0 Å². The third-order valence-electron chi connectivity index (χ3n) is 3.69. The second-order valence-electron chi connectivity index (χ2n) is 4.99. The van der Waals surface area contributed by atoms with Crippen molar-refractivity contribution in [2.75, 3.05) is 0 Å². The summed E-state index contributed by atoms with van der Waals surface area (Å²) in [6.45, 7) is 4.25. The van der Waals surface area contributed by atoms with Gasteiger partial charge in [0, 0.05) is 12.1 Å². The van der Waals surface area contributed by atoms with Crippen LogP contribution in [-0.4, -0.2) is 9.55 Å². The van der Waals surface area contributed by atoms with Crippen molar-refractivity contribution < 1.29 is 0 Å². The molecule has 0 spiro atoms. The van der Waals surface area contributed by atoms with Crippen molar-refractivity contribution >= 4 is 34.2 Å². The van der Waals surface area contributed by atoms with Crippen molar-refractivity contribution in [1.29, 1.82) is 0 Å². The summed E-state index contributed by atoms with van der Waals surface area (Å²) in [5.41, 5.74) is 4.29. The first-order chi connectivity index (χ1) is 10.1. The predicted octanol–water partition coefficient (Wildman–Crippen LogP) is 5.46. The van der Waals surface area contributed by atoms with Crippen molar-refractivity contribution in [2.24, 2.45) is 0 Å². The summed E-state index contributed by atoms with van der Waals surface area (Å²) in [5, 5.41) is 1.09. The molecule has 0 atom stereocenters. The van der Waals surface area contributed by atoms with Gasteiger partial charge in [0.2, 0.25) is 0 Å². The molecule has 0 aliphatic rings.